The van der Waals surface area contributed by atoms with Gasteiger partial charge in [-0.1, -0.05) is 12.2 Å². The summed E-state index contributed by atoms with van der Waals surface area (Å²) in [6.45, 7) is 2.15. The third-order valence-corrected chi connectivity index (χ3v) is 1.30. The van der Waals surface area contributed by atoms with E-state index in [4.69, 9.17) is 5.11 Å². The first-order valence-electron chi connectivity index (χ1n) is 3.05. The Bertz CT molecular complexity index is 149. The normalized spacial score (nSPS) is 25.1. The number of aliphatic hydroxyl groups excluding tert-OH is 1. The predicted molar refractivity (Wildman–Crippen MR) is 36.9 cm³/mol. The van der Waals surface area contributed by atoms with Gasteiger partial charge < -0.3 is 10.4 Å². The first kappa shape index (κ1) is 6.36. The minimum atomic E-state index is 0.120. The zero-order valence-electron chi connectivity index (χ0n) is 5.46. The zero-order chi connectivity index (χ0) is 6.69. The number of aliphatic hydroxyl groups is 1. The molecule has 50 valence electrons. The van der Waals surface area contributed by atoms with Crippen molar-refractivity contribution in [2.24, 2.45) is 0 Å². The van der Waals surface area contributed by atoms with E-state index < -0.39 is 0 Å². The molecular weight excluding hydrogens is 114 g/mol. The second kappa shape index (κ2) is 2.69. The minimum absolute atomic E-state index is 0.120. The van der Waals surface area contributed by atoms with Crippen molar-refractivity contribution in [3.63, 3.8) is 0 Å². The largest absolute Gasteiger partial charge is 0.394 e. The van der Waals surface area contributed by atoms with E-state index in [1.807, 2.05) is 25.2 Å². The van der Waals surface area contributed by atoms with Crippen LogP contribution in [0.3, 0.4) is 0 Å². The average molecular weight is 125 g/mol. The van der Waals surface area contributed by atoms with Gasteiger partial charge in [-0.05, 0) is 13.0 Å². The summed E-state index contributed by atoms with van der Waals surface area (Å²) in [5, 5.41) is 11.8. The van der Waals surface area contributed by atoms with Crippen molar-refractivity contribution in [3.8, 4) is 0 Å². The third kappa shape index (κ3) is 1.57. The molecule has 9 heavy (non-hydrogen) atoms. The average Bonchev–Trinajstić information content (AvgIpc) is 1.88. The van der Waals surface area contributed by atoms with Crippen LogP contribution in [-0.4, -0.2) is 17.8 Å². The quantitative estimate of drug-likeness (QED) is 0.532. The summed E-state index contributed by atoms with van der Waals surface area (Å²) >= 11 is 0. The Kier molecular flexibility index (Phi) is 1.90. The summed E-state index contributed by atoms with van der Waals surface area (Å²) < 4.78 is 0. The molecule has 2 nitrogen and oxygen atoms in total. The lowest BCUT2D eigenvalue weighted by Gasteiger charge is -2.16. The molecule has 0 saturated heterocycles. The van der Waals surface area contributed by atoms with Gasteiger partial charge in [0.2, 0.25) is 0 Å². The molecule has 1 unspecified atom stereocenters. The van der Waals surface area contributed by atoms with Crippen molar-refractivity contribution >= 4 is 0 Å². The van der Waals surface area contributed by atoms with Crippen LogP contribution >= 0.6 is 0 Å². The van der Waals surface area contributed by atoms with Crippen LogP contribution in [0.1, 0.15) is 6.92 Å². The monoisotopic (exact) mass is 125 g/mol. The Balaban J connectivity index is 2.51. The number of allylic oxidation sites excluding steroid dienone is 3. The highest BCUT2D eigenvalue weighted by Crippen LogP contribution is 1.99. The first-order chi connectivity index (χ1) is 4.33. The van der Waals surface area contributed by atoms with Gasteiger partial charge in [0, 0.05) is 5.70 Å². The van der Waals surface area contributed by atoms with E-state index >= 15 is 0 Å². The molecular formula is C7H11NO. The molecule has 0 aliphatic carbocycles. The molecule has 1 aliphatic rings. The highest BCUT2D eigenvalue weighted by molar-refractivity contribution is 5.18. The lowest BCUT2D eigenvalue weighted by atomic mass is 10.2. The zero-order valence-corrected chi connectivity index (χ0v) is 5.46. The molecule has 0 bridgehead atoms. The van der Waals surface area contributed by atoms with Crippen molar-refractivity contribution in [3.05, 3.63) is 23.9 Å². The second-order valence-electron chi connectivity index (χ2n) is 2.17. The fourth-order valence-corrected chi connectivity index (χ4v) is 0.829. The Hall–Kier alpha value is -0.760. The molecule has 0 radical (unpaired) electrons. The van der Waals surface area contributed by atoms with Gasteiger partial charge in [0.15, 0.2) is 0 Å². The highest BCUT2D eigenvalue weighted by Gasteiger charge is 2.03. The molecule has 1 aliphatic heterocycles. The molecule has 1 heterocycles. The first-order valence-corrected chi connectivity index (χ1v) is 3.05. The van der Waals surface area contributed by atoms with Crippen molar-refractivity contribution in [2.75, 3.05) is 6.61 Å². The Morgan fingerprint density at radius 2 is 2.56 bits per heavy atom. The van der Waals surface area contributed by atoms with Gasteiger partial charge in [0.05, 0.1) is 12.6 Å². The molecule has 0 aromatic heterocycles. The van der Waals surface area contributed by atoms with Crippen LogP contribution in [0.2, 0.25) is 0 Å². The lowest BCUT2D eigenvalue weighted by molar-refractivity contribution is 0.270. The molecule has 0 spiro atoms. The van der Waals surface area contributed by atoms with Crippen LogP contribution < -0.4 is 5.32 Å². The number of hydrogen-bond donors (Lipinski definition) is 2. The molecule has 1 atom stereocenters. The van der Waals surface area contributed by atoms with Crippen LogP contribution in [0.4, 0.5) is 0 Å². The summed E-state index contributed by atoms with van der Waals surface area (Å²) in [4.78, 5) is 0. The van der Waals surface area contributed by atoms with Crippen molar-refractivity contribution in [1.29, 1.82) is 0 Å². The molecule has 0 saturated carbocycles. The van der Waals surface area contributed by atoms with Crippen LogP contribution in [0.5, 0.6) is 0 Å². The molecule has 0 amide bonds. The van der Waals surface area contributed by atoms with Crippen LogP contribution in [0.15, 0.2) is 23.9 Å². The van der Waals surface area contributed by atoms with E-state index in [-0.39, 0.29) is 12.6 Å². The minimum Gasteiger partial charge on any atom is -0.394 e. The van der Waals surface area contributed by atoms with Gasteiger partial charge in [0.1, 0.15) is 0 Å². The molecule has 0 fully saturated rings. The number of rotatable bonds is 1. The summed E-state index contributed by atoms with van der Waals surface area (Å²) in [6.07, 6.45) is 5.87. The Labute approximate surface area is 54.9 Å². The summed E-state index contributed by atoms with van der Waals surface area (Å²) in [5.41, 5.74) is 1.11. The van der Waals surface area contributed by atoms with E-state index in [9.17, 15) is 0 Å². The van der Waals surface area contributed by atoms with E-state index in [0.29, 0.717) is 0 Å². The van der Waals surface area contributed by atoms with Gasteiger partial charge in [0.25, 0.3) is 0 Å². The standard InChI is InChI=1S/C7H11NO/c1-6-3-2-4-7(5-9)8-6/h2-4,7-9H,5H2,1H3. The smallest absolute Gasteiger partial charge is 0.0675 e. The van der Waals surface area contributed by atoms with Crippen LogP contribution in [0, 0.1) is 0 Å². The number of dihydropyridines is 1. The number of hydrogen-bond acceptors (Lipinski definition) is 2. The van der Waals surface area contributed by atoms with Gasteiger partial charge in [-0.2, -0.15) is 0 Å². The molecule has 0 aromatic carbocycles. The van der Waals surface area contributed by atoms with E-state index in [1.165, 1.54) is 0 Å². The third-order valence-electron chi connectivity index (χ3n) is 1.30. The maximum absolute atomic E-state index is 8.67. The van der Waals surface area contributed by atoms with Crippen molar-refractivity contribution < 1.29 is 5.11 Å². The second-order valence-corrected chi connectivity index (χ2v) is 2.17. The molecule has 0 aromatic rings. The van der Waals surface area contributed by atoms with Crippen LogP contribution in [0.25, 0.3) is 0 Å². The predicted octanol–water partition coefficient (Wildman–Crippen LogP) is 0.411. The SMILES string of the molecule is CC1=CC=CC(CO)N1. The maximum atomic E-state index is 8.67. The Morgan fingerprint density at radius 3 is 3.00 bits per heavy atom. The van der Waals surface area contributed by atoms with Crippen molar-refractivity contribution in [2.45, 2.75) is 13.0 Å². The highest BCUT2D eigenvalue weighted by atomic mass is 16.3. The van der Waals surface area contributed by atoms with Gasteiger partial charge >= 0.3 is 0 Å². The fraction of sp³-hybridized carbons (Fsp3) is 0.429. The summed E-state index contributed by atoms with van der Waals surface area (Å²) in [7, 11) is 0. The van der Waals surface area contributed by atoms with Crippen molar-refractivity contribution in [1.82, 2.24) is 5.32 Å². The summed E-state index contributed by atoms with van der Waals surface area (Å²) in [6, 6.07) is 0.120. The lowest BCUT2D eigenvalue weighted by Crippen LogP contribution is -2.30. The summed E-state index contributed by atoms with van der Waals surface area (Å²) in [5.74, 6) is 0. The maximum Gasteiger partial charge on any atom is 0.0675 e. The van der Waals surface area contributed by atoms with E-state index in [2.05, 4.69) is 5.32 Å². The molecule has 2 N–H and O–H groups in total. The fourth-order valence-electron chi connectivity index (χ4n) is 0.829. The van der Waals surface area contributed by atoms with Gasteiger partial charge in [-0.3, -0.25) is 0 Å². The van der Waals surface area contributed by atoms with Crippen LogP contribution in [-0.2, 0) is 0 Å². The van der Waals surface area contributed by atoms with E-state index in [0.717, 1.165) is 5.70 Å². The Morgan fingerprint density at radius 1 is 1.78 bits per heavy atom. The van der Waals surface area contributed by atoms with Gasteiger partial charge in [-0.25, -0.2) is 0 Å². The van der Waals surface area contributed by atoms with Gasteiger partial charge in [-0.15, -0.1) is 0 Å². The number of nitrogens with one attached hydrogen (secondary N) is 1. The topological polar surface area (TPSA) is 32.3 Å². The molecule has 1 rings (SSSR count). The van der Waals surface area contributed by atoms with E-state index in [1.54, 1.807) is 0 Å². The molecule has 2 heteroatoms.